The number of nitrogens with zero attached hydrogens (tertiary/aromatic N) is 1. The molecule has 1 unspecified atom stereocenters. The summed E-state index contributed by atoms with van der Waals surface area (Å²) in [5.41, 5.74) is 2.08. The number of aryl methyl sites for hydroxylation is 1. The predicted octanol–water partition coefficient (Wildman–Crippen LogP) is 5.26. The van der Waals surface area contributed by atoms with Crippen molar-refractivity contribution in [3.63, 3.8) is 0 Å². The Labute approximate surface area is 190 Å². The second kappa shape index (κ2) is 8.93. The van der Waals surface area contributed by atoms with E-state index in [1.54, 1.807) is 24.3 Å². The quantitative estimate of drug-likeness (QED) is 0.314. The third-order valence-electron chi connectivity index (χ3n) is 5.34. The van der Waals surface area contributed by atoms with Gasteiger partial charge in [-0.15, -0.1) is 0 Å². The van der Waals surface area contributed by atoms with Crippen molar-refractivity contribution in [2.75, 3.05) is 6.61 Å². The fourth-order valence-corrected chi connectivity index (χ4v) is 4.02. The summed E-state index contributed by atoms with van der Waals surface area (Å²) in [6.07, 6.45) is 1.51. The maximum absolute atomic E-state index is 13.1. The van der Waals surface area contributed by atoms with Crippen molar-refractivity contribution in [1.82, 2.24) is 4.90 Å². The average Bonchev–Trinajstić information content (AvgIpc) is 3.38. The van der Waals surface area contributed by atoms with E-state index in [-0.39, 0.29) is 17.9 Å². The largest absolute Gasteiger partial charge is 0.507 e. The summed E-state index contributed by atoms with van der Waals surface area (Å²) in [5, 5.41) is 11.4. The molecule has 0 bridgehead atoms. The Morgan fingerprint density at radius 1 is 1.16 bits per heavy atom. The van der Waals surface area contributed by atoms with Gasteiger partial charge in [0.25, 0.3) is 11.7 Å². The van der Waals surface area contributed by atoms with Gasteiger partial charge in [0.15, 0.2) is 0 Å². The van der Waals surface area contributed by atoms with Gasteiger partial charge in [-0.05, 0) is 49.7 Å². The van der Waals surface area contributed by atoms with E-state index in [2.05, 4.69) is 0 Å². The van der Waals surface area contributed by atoms with Gasteiger partial charge in [-0.25, -0.2) is 0 Å². The van der Waals surface area contributed by atoms with Crippen LogP contribution < -0.4 is 4.74 Å². The molecule has 3 aromatic rings. The molecule has 1 amide bonds. The highest BCUT2D eigenvalue weighted by Gasteiger charge is 2.46. The zero-order valence-corrected chi connectivity index (χ0v) is 18.4. The SMILES string of the molecule is CCOc1ccc(C(O)=C2C(=O)C(=O)N(Cc3ccco3)C2c2ccc(C)cc2)cc1Cl. The van der Waals surface area contributed by atoms with Crippen molar-refractivity contribution in [3.8, 4) is 5.75 Å². The monoisotopic (exact) mass is 451 g/mol. The van der Waals surface area contributed by atoms with Crippen LogP contribution in [0.4, 0.5) is 0 Å². The first kappa shape index (κ1) is 21.7. The molecule has 4 rings (SSSR count). The van der Waals surface area contributed by atoms with Crippen LogP contribution in [-0.2, 0) is 16.1 Å². The van der Waals surface area contributed by atoms with Crippen LogP contribution in [0.1, 0.15) is 35.4 Å². The van der Waals surface area contributed by atoms with Crippen LogP contribution >= 0.6 is 11.6 Å². The molecule has 1 atom stereocenters. The van der Waals surface area contributed by atoms with E-state index < -0.39 is 17.7 Å². The Hall–Kier alpha value is -3.51. The summed E-state index contributed by atoms with van der Waals surface area (Å²) >= 11 is 6.28. The molecular weight excluding hydrogens is 430 g/mol. The van der Waals surface area contributed by atoms with Crippen molar-refractivity contribution in [2.45, 2.75) is 26.4 Å². The molecule has 2 aromatic carbocycles. The van der Waals surface area contributed by atoms with Gasteiger partial charge >= 0.3 is 0 Å². The minimum Gasteiger partial charge on any atom is -0.507 e. The molecule has 1 aliphatic heterocycles. The topological polar surface area (TPSA) is 80.0 Å². The molecule has 0 saturated carbocycles. The highest BCUT2D eigenvalue weighted by atomic mass is 35.5. The maximum Gasteiger partial charge on any atom is 0.296 e. The van der Waals surface area contributed by atoms with Crippen LogP contribution in [0.15, 0.2) is 70.9 Å². The van der Waals surface area contributed by atoms with Gasteiger partial charge in [0.2, 0.25) is 0 Å². The van der Waals surface area contributed by atoms with Crippen LogP contribution in [-0.4, -0.2) is 28.3 Å². The lowest BCUT2D eigenvalue weighted by Crippen LogP contribution is -2.29. The van der Waals surface area contributed by atoms with Crippen molar-refractivity contribution < 1.29 is 23.8 Å². The summed E-state index contributed by atoms with van der Waals surface area (Å²) < 4.78 is 10.8. The van der Waals surface area contributed by atoms with Crippen LogP contribution in [0.25, 0.3) is 5.76 Å². The Morgan fingerprint density at radius 3 is 2.53 bits per heavy atom. The first-order valence-electron chi connectivity index (χ1n) is 10.2. The molecule has 1 fully saturated rings. The van der Waals surface area contributed by atoms with Gasteiger partial charge in [-0.2, -0.15) is 0 Å². The number of ether oxygens (including phenoxy) is 1. The highest BCUT2D eigenvalue weighted by molar-refractivity contribution is 6.46. The number of hydrogen-bond donors (Lipinski definition) is 1. The number of ketones is 1. The fraction of sp³-hybridized carbons (Fsp3) is 0.200. The number of aliphatic hydroxyl groups excluding tert-OH is 1. The fourth-order valence-electron chi connectivity index (χ4n) is 3.79. The molecule has 1 aromatic heterocycles. The Balaban J connectivity index is 1.84. The van der Waals surface area contributed by atoms with E-state index in [1.807, 2.05) is 38.1 Å². The third-order valence-corrected chi connectivity index (χ3v) is 5.64. The highest BCUT2D eigenvalue weighted by Crippen LogP contribution is 2.41. The zero-order valence-electron chi connectivity index (χ0n) is 17.7. The number of Topliss-reactive ketones (excluding diaryl/α,β-unsaturated/α-hetero) is 1. The Morgan fingerprint density at radius 2 is 1.91 bits per heavy atom. The lowest BCUT2D eigenvalue weighted by Gasteiger charge is -2.24. The van der Waals surface area contributed by atoms with Gasteiger partial charge in [0.1, 0.15) is 17.3 Å². The standard InChI is InChI=1S/C25H22ClNO5/c1-3-31-20-11-10-17(13-19(20)26)23(28)21-22(16-8-6-15(2)7-9-16)27(25(30)24(21)29)14-18-5-4-12-32-18/h4-13,22,28H,3,14H2,1-2H3. The number of benzene rings is 2. The molecule has 2 heterocycles. The van der Waals surface area contributed by atoms with E-state index in [0.717, 1.165) is 5.56 Å². The second-order valence-electron chi connectivity index (χ2n) is 7.50. The molecule has 0 radical (unpaired) electrons. The van der Waals surface area contributed by atoms with Gasteiger partial charge in [0, 0.05) is 5.56 Å². The first-order valence-corrected chi connectivity index (χ1v) is 10.6. The Kier molecular flexibility index (Phi) is 6.06. The predicted molar refractivity (Wildman–Crippen MR) is 120 cm³/mol. The molecular formula is C25H22ClNO5. The van der Waals surface area contributed by atoms with Gasteiger partial charge in [0.05, 0.1) is 36.1 Å². The number of amides is 1. The number of rotatable bonds is 6. The average molecular weight is 452 g/mol. The lowest BCUT2D eigenvalue weighted by molar-refractivity contribution is -0.140. The molecule has 1 saturated heterocycles. The number of halogens is 1. The Bertz CT molecular complexity index is 1180. The number of aliphatic hydroxyl groups is 1. The number of carbonyl (C=O) groups is 2. The summed E-state index contributed by atoms with van der Waals surface area (Å²) in [6.45, 7) is 4.32. The minimum atomic E-state index is -0.772. The minimum absolute atomic E-state index is 0.00522. The molecule has 32 heavy (non-hydrogen) atoms. The molecule has 6 nitrogen and oxygen atoms in total. The molecule has 0 spiro atoms. The van der Waals surface area contributed by atoms with Crippen LogP contribution in [0, 0.1) is 6.92 Å². The van der Waals surface area contributed by atoms with Crippen LogP contribution in [0.5, 0.6) is 5.75 Å². The number of furan rings is 1. The normalized spacial score (nSPS) is 17.7. The lowest BCUT2D eigenvalue weighted by atomic mass is 9.94. The summed E-state index contributed by atoms with van der Waals surface area (Å²) in [4.78, 5) is 27.5. The smallest absolute Gasteiger partial charge is 0.296 e. The summed E-state index contributed by atoms with van der Waals surface area (Å²) in [7, 11) is 0. The van der Waals surface area contributed by atoms with Gasteiger partial charge < -0.3 is 19.2 Å². The summed E-state index contributed by atoms with van der Waals surface area (Å²) in [6, 6.07) is 14.9. The van der Waals surface area contributed by atoms with E-state index in [9.17, 15) is 14.7 Å². The van der Waals surface area contributed by atoms with Crippen molar-refractivity contribution in [2.24, 2.45) is 0 Å². The third kappa shape index (κ3) is 4.01. The molecule has 1 N–H and O–H groups in total. The van der Waals surface area contributed by atoms with E-state index >= 15 is 0 Å². The van der Waals surface area contributed by atoms with Crippen molar-refractivity contribution >= 4 is 29.1 Å². The number of hydrogen-bond acceptors (Lipinski definition) is 5. The zero-order chi connectivity index (χ0) is 22.8. The number of likely N-dealkylation sites (tertiary alicyclic amines) is 1. The number of carbonyl (C=O) groups excluding carboxylic acids is 2. The van der Waals surface area contributed by atoms with E-state index in [0.29, 0.717) is 34.3 Å². The molecule has 7 heteroatoms. The molecule has 164 valence electrons. The molecule has 0 aliphatic carbocycles. The van der Waals surface area contributed by atoms with Crippen molar-refractivity contribution in [3.05, 3.63) is 93.9 Å². The van der Waals surface area contributed by atoms with Crippen LogP contribution in [0.3, 0.4) is 0 Å². The summed E-state index contributed by atoms with van der Waals surface area (Å²) in [5.74, 6) is -0.747. The van der Waals surface area contributed by atoms with Gasteiger partial charge in [-0.3, -0.25) is 9.59 Å². The van der Waals surface area contributed by atoms with Gasteiger partial charge in [-0.1, -0.05) is 41.4 Å². The van der Waals surface area contributed by atoms with E-state index in [1.165, 1.54) is 17.2 Å². The first-order chi connectivity index (χ1) is 15.4. The maximum atomic E-state index is 13.1. The van der Waals surface area contributed by atoms with Crippen molar-refractivity contribution in [1.29, 1.82) is 0 Å². The van der Waals surface area contributed by atoms with Crippen LogP contribution in [0.2, 0.25) is 5.02 Å². The second-order valence-corrected chi connectivity index (χ2v) is 7.90. The molecule has 1 aliphatic rings. The van der Waals surface area contributed by atoms with E-state index in [4.69, 9.17) is 20.8 Å².